The molecule has 0 aliphatic rings. The second-order valence-electron chi connectivity index (χ2n) is 8.94. The molecule has 0 aliphatic carbocycles. The Bertz CT molecular complexity index is 1470. The first kappa shape index (κ1) is 40.0. The maximum absolute atomic E-state index is 11.7. The van der Waals surface area contributed by atoms with E-state index < -0.39 is 28.8 Å². The summed E-state index contributed by atoms with van der Waals surface area (Å²) in [5.74, 6) is -1.99. The molecule has 0 N–H and O–H groups in total. The number of benzene rings is 2. The Hall–Kier alpha value is -2.01. The second-order valence-corrected chi connectivity index (χ2v) is 17.4. The van der Waals surface area contributed by atoms with Crippen molar-refractivity contribution in [2.24, 2.45) is 5.92 Å². The smallest absolute Gasteiger partial charge is 0.394 e. The number of hydrogen-bond donors (Lipinski definition) is 0. The molecule has 0 spiro atoms. The molecular formula is C29H31Br2Cl3NO8P. The predicted octanol–water partition coefficient (Wildman–Crippen LogP) is 9.04. The highest BCUT2D eigenvalue weighted by atomic mass is 79.9. The van der Waals surface area contributed by atoms with Gasteiger partial charge < -0.3 is 13.9 Å². The number of Topliss-reactive ketones (excluding diaryl/α,β-unsaturated/α-hetero) is 2. The van der Waals surface area contributed by atoms with Crippen LogP contribution in [-0.2, 0) is 41.3 Å². The maximum atomic E-state index is 11.7. The van der Waals surface area contributed by atoms with Gasteiger partial charge in [0.2, 0.25) is 5.78 Å². The van der Waals surface area contributed by atoms with Crippen LogP contribution in [0.2, 0.25) is 0 Å². The molecule has 0 amide bonds. The quantitative estimate of drug-likeness (QED) is 0.106. The van der Waals surface area contributed by atoms with Gasteiger partial charge in [-0.25, -0.2) is 14.6 Å². The summed E-state index contributed by atoms with van der Waals surface area (Å²) >= 11 is 20.6. The average molecular weight is 819 g/mol. The van der Waals surface area contributed by atoms with Crippen molar-refractivity contribution in [1.29, 1.82) is 0 Å². The minimum atomic E-state index is -3.22. The highest BCUT2D eigenvalue weighted by Crippen LogP contribution is 2.61. The summed E-state index contributed by atoms with van der Waals surface area (Å²) in [7, 11) is 0. The zero-order valence-electron chi connectivity index (χ0n) is 24.3. The minimum absolute atomic E-state index is 0.0179. The van der Waals surface area contributed by atoms with Gasteiger partial charge in [0.15, 0.2) is 0 Å². The van der Waals surface area contributed by atoms with Gasteiger partial charge in [0.05, 0.1) is 18.9 Å². The van der Waals surface area contributed by atoms with Crippen LogP contribution in [0.4, 0.5) is 0 Å². The molecule has 1 atom stereocenters. The lowest BCUT2D eigenvalue weighted by Gasteiger charge is -2.13. The Morgan fingerprint density at radius 1 is 0.932 bits per heavy atom. The molecule has 1 aromatic heterocycles. The van der Waals surface area contributed by atoms with Crippen LogP contribution in [-0.4, -0.2) is 41.7 Å². The molecule has 1 heterocycles. The lowest BCUT2D eigenvalue weighted by Crippen LogP contribution is -2.25. The van der Waals surface area contributed by atoms with Crippen LogP contribution in [0, 0.1) is 12.8 Å². The first-order valence-corrected chi connectivity index (χ1v) is 19.1. The van der Waals surface area contributed by atoms with Gasteiger partial charge in [-0.3, -0.25) is 14.2 Å². The number of carbonyl (C=O) groups is 4. The number of rotatable bonds is 11. The Kier molecular flexibility index (Phi) is 18.4. The van der Waals surface area contributed by atoms with E-state index in [1.165, 1.54) is 6.92 Å². The van der Waals surface area contributed by atoms with Crippen LogP contribution >= 0.6 is 70.8 Å². The summed E-state index contributed by atoms with van der Waals surface area (Å²) in [4.78, 5) is 50.3. The van der Waals surface area contributed by atoms with Crippen molar-refractivity contribution in [2.45, 2.75) is 47.0 Å². The third-order valence-electron chi connectivity index (χ3n) is 5.48. The van der Waals surface area contributed by atoms with E-state index in [4.69, 9.17) is 9.15 Å². The Morgan fingerprint density at radius 3 is 1.95 bits per heavy atom. The Morgan fingerprint density at radius 2 is 1.45 bits per heavy atom. The molecule has 3 aromatic rings. The van der Waals surface area contributed by atoms with E-state index in [2.05, 4.69) is 75.3 Å². The van der Waals surface area contributed by atoms with Gasteiger partial charge in [-0.05, 0) is 103 Å². The fraction of sp³-hybridized carbons (Fsp3) is 0.345. The van der Waals surface area contributed by atoms with Gasteiger partial charge in [-0.1, -0.05) is 56.1 Å². The third-order valence-corrected chi connectivity index (χ3v) is 6.47. The van der Waals surface area contributed by atoms with Crippen LogP contribution in [0.5, 0.6) is 0 Å². The summed E-state index contributed by atoms with van der Waals surface area (Å²) in [6.45, 7) is 7.07. The first-order chi connectivity index (χ1) is 20.5. The van der Waals surface area contributed by atoms with Crippen molar-refractivity contribution in [2.75, 3.05) is 13.2 Å². The lowest BCUT2D eigenvalue weighted by molar-refractivity contribution is -0.154. The molecule has 240 valence electrons. The van der Waals surface area contributed by atoms with E-state index in [1.807, 2.05) is 48.5 Å². The number of carbonyl (C=O) groups excluding carboxylic acids is 4. The van der Waals surface area contributed by atoms with Crippen LogP contribution in [0.1, 0.15) is 60.5 Å². The van der Waals surface area contributed by atoms with Crippen molar-refractivity contribution < 1.29 is 37.6 Å². The molecule has 2 aromatic carbocycles. The van der Waals surface area contributed by atoms with Crippen molar-refractivity contribution in [3.05, 3.63) is 85.9 Å². The fourth-order valence-electron chi connectivity index (χ4n) is 3.54. The van der Waals surface area contributed by atoms with E-state index in [9.17, 15) is 23.7 Å². The number of oxazole rings is 1. The summed E-state index contributed by atoms with van der Waals surface area (Å²) < 4.78 is 26.3. The van der Waals surface area contributed by atoms with Crippen molar-refractivity contribution >= 4 is 94.3 Å². The highest BCUT2D eigenvalue weighted by molar-refractivity contribution is 9.10. The summed E-state index contributed by atoms with van der Waals surface area (Å²) in [5, 5.41) is -3.22. The van der Waals surface area contributed by atoms with E-state index in [0.717, 1.165) is 25.8 Å². The van der Waals surface area contributed by atoms with E-state index in [1.54, 1.807) is 20.8 Å². The van der Waals surface area contributed by atoms with Crippen molar-refractivity contribution in [3.63, 3.8) is 0 Å². The topological polar surface area (TPSA) is 130 Å². The van der Waals surface area contributed by atoms with E-state index >= 15 is 0 Å². The second kappa shape index (κ2) is 20.2. The number of ketones is 2. The first-order valence-electron chi connectivity index (χ1n) is 13.1. The van der Waals surface area contributed by atoms with Gasteiger partial charge in [0, 0.05) is 27.7 Å². The number of aryl methyl sites for hydroxylation is 1. The molecule has 9 nitrogen and oxygen atoms in total. The molecule has 15 heteroatoms. The third kappa shape index (κ3) is 16.9. The highest BCUT2D eigenvalue weighted by Gasteiger charge is 2.24. The van der Waals surface area contributed by atoms with Crippen molar-refractivity contribution in [3.8, 4) is 0 Å². The minimum Gasteiger partial charge on any atom is -0.460 e. The molecule has 0 fully saturated rings. The zero-order valence-corrected chi connectivity index (χ0v) is 30.6. The Labute approximate surface area is 287 Å². The maximum Gasteiger partial charge on any atom is 0.394 e. The van der Waals surface area contributed by atoms with Gasteiger partial charge in [0.25, 0.3) is 0 Å². The SMILES string of the molecule is CCOC(=O)C(=O)CC(Cc1cccc(Br)c1)C(C)=O.CCOC(=O)c1nc(Cc2cccc(Br)c2)c(C)o1.O=P(Cl)(Cl)Cl. The van der Waals surface area contributed by atoms with Gasteiger partial charge in [0.1, 0.15) is 11.5 Å². The molecule has 0 radical (unpaired) electrons. The largest absolute Gasteiger partial charge is 0.460 e. The molecule has 1 unspecified atom stereocenters. The molecule has 0 saturated carbocycles. The molecule has 0 bridgehead atoms. The number of aromatic nitrogens is 1. The number of nitrogens with zero attached hydrogens (tertiary/aromatic N) is 1. The molecular weight excluding hydrogens is 787 g/mol. The van der Waals surface area contributed by atoms with Gasteiger partial charge >= 0.3 is 23.0 Å². The van der Waals surface area contributed by atoms with E-state index in [-0.39, 0.29) is 24.7 Å². The summed E-state index contributed by atoms with van der Waals surface area (Å²) in [6.07, 6.45) is 0.939. The molecule has 44 heavy (non-hydrogen) atoms. The molecule has 0 saturated heterocycles. The van der Waals surface area contributed by atoms with Gasteiger partial charge in [-0.2, -0.15) is 0 Å². The lowest BCUT2D eigenvalue weighted by atomic mass is 9.91. The predicted molar refractivity (Wildman–Crippen MR) is 178 cm³/mol. The molecule has 3 rings (SSSR count). The van der Waals surface area contributed by atoms with Crippen LogP contribution in [0.15, 0.2) is 61.9 Å². The number of halogens is 5. The monoisotopic (exact) mass is 815 g/mol. The van der Waals surface area contributed by atoms with Gasteiger partial charge in [-0.15, -0.1) is 0 Å². The Balaban J connectivity index is 0.000000382. The van der Waals surface area contributed by atoms with Crippen LogP contribution in [0.3, 0.4) is 0 Å². The average Bonchev–Trinajstić information content (AvgIpc) is 3.28. The van der Waals surface area contributed by atoms with Crippen LogP contribution in [0.25, 0.3) is 0 Å². The van der Waals surface area contributed by atoms with Crippen molar-refractivity contribution in [1.82, 2.24) is 4.98 Å². The number of esters is 2. The fourth-order valence-corrected chi connectivity index (χ4v) is 4.43. The number of ether oxygens (including phenoxy) is 2. The zero-order chi connectivity index (χ0) is 33.4. The van der Waals surface area contributed by atoms with Crippen LogP contribution < -0.4 is 0 Å². The summed E-state index contributed by atoms with van der Waals surface area (Å²) in [6, 6.07) is 15.5. The number of hydrogen-bond acceptors (Lipinski definition) is 9. The summed E-state index contributed by atoms with van der Waals surface area (Å²) in [5.41, 5.74) is 2.79. The molecule has 0 aliphatic heterocycles. The standard InChI is InChI=1S/C15H17BrO4.C14H14BrNO3.Cl3OP/c1-3-20-15(19)14(18)9-12(10(2)17)7-11-5-4-6-13(16)8-11;1-3-18-14(17)13-16-12(9(2)19-13)8-10-5-4-6-11(15)7-10;1-5(2,3)4/h4-6,8,12H,3,7,9H2,1-2H3;4-7H,3,8H2,1-2H3;. The van der Waals surface area contributed by atoms with E-state index in [0.29, 0.717) is 25.2 Å². The normalized spacial score (nSPS) is 11.2.